The van der Waals surface area contributed by atoms with E-state index >= 15 is 0 Å². The van der Waals surface area contributed by atoms with Crippen molar-refractivity contribution in [2.24, 2.45) is 0 Å². The molecule has 0 saturated carbocycles. The van der Waals surface area contributed by atoms with Crippen LogP contribution in [0.2, 0.25) is 0 Å². The number of rotatable bonds is 6. The van der Waals surface area contributed by atoms with Crippen LogP contribution >= 0.6 is 11.8 Å². The average molecular weight is 405 g/mol. The predicted octanol–water partition coefficient (Wildman–Crippen LogP) is 5.68. The van der Waals surface area contributed by atoms with Crippen LogP contribution in [0.3, 0.4) is 0 Å². The number of carbonyl (C=O) groups excluding carboxylic acids is 2. The van der Waals surface area contributed by atoms with Crippen molar-refractivity contribution in [1.82, 2.24) is 0 Å². The SMILES string of the molecule is Cc1ccc(C(=O)Nc2cccc(SC(C)C(=O)Nc3cccc(C)c3)c2)cc1. The van der Waals surface area contributed by atoms with Crippen molar-refractivity contribution in [2.45, 2.75) is 30.9 Å². The van der Waals surface area contributed by atoms with Gasteiger partial charge in [0.15, 0.2) is 0 Å². The van der Waals surface area contributed by atoms with Crippen molar-refractivity contribution in [3.8, 4) is 0 Å². The zero-order chi connectivity index (χ0) is 20.8. The number of hydrogen-bond donors (Lipinski definition) is 2. The number of nitrogens with one attached hydrogen (secondary N) is 2. The van der Waals surface area contributed by atoms with Crippen LogP contribution in [0.4, 0.5) is 11.4 Å². The molecule has 0 aromatic heterocycles. The molecule has 148 valence electrons. The smallest absolute Gasteiger partial charge is 0.255 e. The van der Waals surface area contributed by atoms with Gasteiger partial charge in [-0.1, -0.05) is 35.9 Å². The largest absolute Gasteiger partial charge is 0.325 e. The summed E-state index contributed by atoms with van der Waals surface area (Å²) >= 11 is 1.45. The number of thioether (sulfide) groups is 1. The van der Waals surface area contributed by atoms with Crippen LogP contribution in [0.5, 0.6) is 0 Å². The molecule has 0 aliphatic carbocycles. The van der Waals surface area contributed by atoms with Crippen LogP contribution in [0.25, 0.3) is 0 Å². The number of amides is 2. The molecule has 0 aliphatic heterocycles. The number of carbonyl (C=O) groups is 2. The summed E-state index contributed by atoms with van der Waals surface area (Å²) in [7, 11) is 0. The summed E-state index contributed by atoms with van der Waals surface area (Å²) in [5.74, 6) is -0.216. The van der Waals surface area contributed by atoms with Crippen molar-refractivity contribution < 1.29 is 9.59 Å². The van der Waals surface area contributed by atoms with Crippen molar-refractivity contribution >= 4 is 35.0 Å². The number of benzene rings is 3. The first kappa shape index (κ1) is 20.7. The van der Waals surface area contributed by atoms with Gasteiger partial charge in [0.25, 0.3) is 5.91 Å². The Morgan fingerprint density at radius 1 is 0.793 bits per heavy atom. The Labute approximate surface area is 175 Å². The van der Waals surface area contributed by atoms with E-state index in [1.165, 1.54) is 11.8 Å². The molecule has 0 saturated heterocycles. The minimum Gasteiger partial charge on any atom is -0.325 e. The Hall–Kier alpha value is -3.05. The van der Waals surface area contributed by atoms with E-state index in [4.69, 9.17) is 0 Å². The summed E-state index contributed by atoms with van der Waals surface area (Å²) < 4.78 is 0. The Bertz CT molecular complexity index is 1020. The third-order valence-corrected chi connectivity index (χ3v) is 5.47. The Balaban J connectivity index is 1.62. The van der Waals surface area contributed by atoms with Gasteiger partial charge in [-0.25, -0.2) is 0 Å². The highest BCUT2D eigenvalue weighted by molar-refractivity contribution is 8.00. The highest BCUT2D eigenvalue weighted by Crippen LogP contribution is 2.27. The maximum atomic E-state index is 12.5. The summed E-state index contributed by atoms with van der Waals surface area (Å²) in [6.07, 6.45) is 0. The van der Waals surface area contributed by atoms with E-state index in [-0.39, 0.29) is 17.1 Å². The molecule has 2 N–H and O–H groups in total. The fourth-order valence-corrected chi connectivity index (χ4v) is 3.71. The molecule has 0 radical (unpaired) electrons. The van der Waals surface area contributed by atoms with Crippen LogP contribution in [0, 0.1) is 13.8 Å². The van der Waals surface area contributed by atoms with Gasteiger partial charge < -0.3 is 10.6 Å². The van der Waals surface area contributed by atoms with Crippen molar-refractivity contribution in [3.05, 3.63) is 89.5 Å². The Kier molecular flexibility index (Phi) is 6.73. The molecule has 0 aliphatic rings. The lowest BCUT2D eigenvalue weighted by Crippen LogP contribution is -2.22. The fraction of sp³-hybridized carbons (Fsp3) is 0.167. The molecular formula is C24H24N2O2S. The summed E-state index contributed by atoms with van der Waals surface area (Å²) in [6.45, 7) is 5.84. The minimum atomic E-state index is -0.279. The summed E-state index contributed by atoms with van der Waals surface area (Å²) in [6, 6.07) is 22.7. The normalized spacial score (nSPS) is 11.6. The second-order valence-electron chi connectivity index (χ2n) is 6.97. The highest BCUT2D eigenvalue weighted by Gasteiger charge is 2.15. The summed E-state index contributed by atoms with van der Waals surface area (Å²) in [5, 5.41) is 5.58. The molecule has 1 atom stereocenters. The third-order valence-electron chi connectivity index (χ3n) is 4.37. The minimum absolute atomic E-state index is 0.0605. The molecular weight excluding hydrogens is 380 g/mol. The fourth-order valence-electron chi connectivity index (χ4n) is 2.78. The first-order chi connectivity index (χ1) is 13.9. The van der Waals surface area contributed by atoms with Crippen molar-refractivity contribution in [3.63, 3.8) is 0 Å². The van der Waals surface area contributed by atoms with Crippen LogP contribution in [0.1, 0.15) is 28.4 Å². The molecule has 4 nitrogen and oxygen atoms in total. The maximum absolute atomic E-state index is 12.5. The van der Waals surface area contributed by atoms with Gasteiger partial charge in [-0.15, -0.1) is 11.8 Å². The van der Waals surface area contributed by atoms with Crippen molar-refractivity contribution in [1.29, 1.82) is 0 Å². The number of anilines is 2. The van der Waals surface area contributed by atoms with E-state index < -0.39 is 0 Å². The lowest BCUT2D eigenvalue weighted by Gasteiger charge is -2.13. The van der Waals surface area contributed by atoms with E-state index in [9.17, 15) is 9.59 Å². The van der Waals surface area contributed by atoms with Gasteiger partial charge in [0, 0.05) is 21.8 Å². The van der Waals surface area contributed by atoms with E-state index in [1.807, 2.05) is 81.4 Å². The zero-order valence-electron chi connectivity index (χ0n) is 16.7. The molecule has 3 rings (SSSR count). The molecule has 29 heavy (non-hydrogen) atoms. The van der Waals surface area contributed by atoms with Gasteiger partial charge >= 0.3 is 0 Å². The average Bonchev–Trinajstić information content (AvgIpc) is 2.68. The maximum Gasteiger partial charge on any atom is 0.255 e. The summed E-state index contributed by atoms with van der Waals surface area (Å²) in [4.78, 5) is 25.8. The number of aryl methyl sites for hydroxylation is 2. The Morgan fingerprint density at radius 2 is 1.45 bits per heavy atom. The van der Waals surface area contributed by atoms with Gasteiger partial charge in [0.1, 0.15) is 0 Å². The molecule has 0 fully saturated rings. The topological polar surface area (TPSA) is 58.2 Å². The second-order valence-corrected chi connectivity index (χ2v) is 8.38. The van der Waals surface area contributed by atoms with Gasteiger partial charge in [0.2, 0.25) is 5.91 Å². The second kappa shape index (κ2) is 9.43. The van der Waals surface area contributed by atoms with Gasteiger partial charge in [-0.2, -0.15) is 0 Å². The van der Waals surface area contributed by atoms with E-state index in [0.717, 1.165) is 21.7 Å². The van der Waals surface area contributed by atoms with Gasteiger partial charge in [-0.05, 0) is 68.8 Å². The standard InChI is InChI=1S/C24H24N2O2S/c1-16-10-12-19(13-11-16)24(28)26-21-8-5-9-22(15-21)29-18(3)23(27)25-20-7-4-6-17(2)14-20/h4-15,18H,1-3H3,(H,25,27)(H,26,28). The van der Waals surface area contributed by atoms with Crippen LogP contribution in [-0.2, 0) is 4.79 Å². The summed E-state index contributed by atoms with van der Waals surface area (Å²) in [5.41, 5.74) is 4.31. The van der Waals surface area contributed by atoms with E-state index in [1.54, 1.807) is 12.1 Å². The monoisotopic (exact) mass is 404 g/mol. The third kappa shape index (κ3) is 5.96. The first-order valence-corrected chi connectivity index (χ1v) is 10.3. The first-order valence-electron chi connectivity index (χ1n) is 9.43. The highest BCUT2D eigenvalue weighted by atomic mass is 32.2. The lowest BCUT2D eigenvalue weighted by molar-refractivity contribution is -0.115. The quantitative estimate of drug-likeness (QED) is 0.520. The predicted molar refractivity (Wildman–Crippen MR) is 121 cm³/mol. The molecule has 3 aromatic rings. The molecule has 2 amide bonds. The molecule has 1 unspecified atom stereocenters. The molecule has 0 spiro atoms. The number of hydrogen-bond acceptors (Lipinski definition) is 3. The lowest BCUT2D eigenvalue weighted by atomic mass is 10.1. The molecule has 3 aromatic carbocycles. The van der Waals surface area contributed by atoms with Crippen LogP contribution in [-0.4, -0.2) is 17.1 Å². The van der Waals surface area contributed by atoms with Gasteiger partial charge in [-0.3, -0.25) is 9.59 Å². The van der Waals surface area contributed by atoms with E-state index in [0.29, 0.717) is 11.3 Å². The molecule has 5 heteroatoms. The van der Waals surface area contributed by atoms with Crippen molar-refractivity contribution in [2.75, 3.05) is 10.6 Å². The Morgan fingerprint density at radius 3 is 2.14 bits per heavy atom. The van der Waals surface area contributed by atoms with Gasteiger partial charge in [0.05, 0.1) is 5.25 Å². The molecule has 0 heterocycles. The van der Waals surface area contributed by atoms with Crippen LogP contribution < -0.4 is 10.6 Å². The molecule has 0 bridgehead atoms. The zero-order valence-corrected chi connectivity index (χ0v) is 17.5. The van der Waals surface area contributed by atoms with E-state index in [2.05, 4.69) is 10.6 Å². The van der Waals surface area contributed by atoms with Crippen LogP contribution in [0.15, 0.2) is 77.7 Å².